The minimum absolute atomic E-state index is 0.113. The molecule has 1 aromatic rings. The second-order valence-corrected chi connectivity index (χ2v) is 3.96. The van der Waals surface area contributed by atoms with E-state index in [-0.39, 0.29) is 18.2 Å². The van der Waals surface area contributed by atoms with Crippen LogP contribution in [0.4, 0.5) is 5.69 Å². The van der Waals surface area contributed by atoms with Crippen molar-refractivity contribution in [2.24, 2.45) is 0 Å². The van der Waals surface area contributed by atoms with Crippen molar-refractivity contribution in [1.29, 1.82) is 0 Å². The number of aryl methyl sites for hydroxylation is 1. The Morgan fingerprint density at radius 2 is 2.18 bits per heavy atom. The van der Waals surface area contributed by atoms with E-state index in [0.717, 1.165) is 12.2 Å². The normalized spacial score (nSPS) is 20.1. The standard InChI is InChI=1S/C11H16N4O2/c1-3-14-7-8(6-12-14)13-9-5-10(16)15(4-2)11(9)17/h6-7,9,13H,3-5H2,1-2H3. The predicted molar refractivity (Wildman–Crippen MR) is 62.3 cm³/mol. The monoisotopic (exact) mass is 236 g/mol. The molecular formula is C11H16N4O2. The Bertz CT molecular complexity index is 440. The van der Waals surface area contributed by atoms with E-state index in [4.69, 9.17) is 0 Å². The van der Waals surface area contributed by atoms with E-state index in [2.05, 4.69) is 10.4 Å². The molecule has 0 saturated carbocycles. The molecular weight excluding hydrogens is 220 g/mol. The number of imide groups is 1. The van der Waals surface area contributed by atoms with E-state index in [0.29, 0.717) is 6.54 Å². The number of carbonyl (C=O) groups excluding carboxylic acids is 2. The molecule has 0 aromatic carbocycles. The fraction of sp³-hybridized carbons (Fsp3) is 0.545. The van der Waals surface area contributed by atoms with Gasteiger partial charge in [0.1, 0.15) is 6.04 Å². The van der Waals surface area contributed by atoms with Crippen LogP contribution in [0, 0.1) is 0 Å². The van der Waals surface area contributed by atoms with Crippen molar-refractivity contribution < 1.29 is 9.59 Å². The van der Waals surface area contributed by atoms with Gasteiger partial charge < -0.3 is 5.32 Å². The molecule has 2 heterocycles. The number of carbonyl (C=O) groups is 2. The molecule has 0 radical (unpaired) electrons. The van der Waals surface area contributed by atoms with Gasteiger partial charge in [-0.1, -0.05) is 0 Å². The van der Waals surface area contributed by atoms with Crippen LogP contribution in [-0.4, -0.2) is 39.1 Å². The van der Waals surface area contributed by atoms with E-state index < -0.39 is 6.04 Å². The van der Waals surface area contributed by atoms with Gasteiger partial charge in [-0.2, -0.15) is 5.10 Å². The molecule has 1 aliphatic heterocycles. The summed E-state index contributed by atoms with van der Waals surface area (Å²) in [6.07, 6.45) is 3.71. The van der Waals surface area contributed by atoms with Crippen LogP contribution < -0.4 is 5.32 Å². The molecule has 17 heavy (non-hydrogen) atoms. The van der Waals surface area contributed by atoms with Gasteiger partial charge in [0.2, 0.25) is 5.91 Å². The zero-order chi connectivity index (χ0) is 12.4. The molecule has 1 aliphatic rings. The summed E-state index contributed by atoms with van der Waals surface area (Å²) in [6.45, 7) is 5.00. The number of amides is 2. The van der Waals surface area contributed by atoms with Gasteiger partial charge in [0.15, 0.2) is 0 Å². The summed E-state index contributed by atoms with van der Waals surface area (Å²) in [6, 6.07) is -0.447. The Kier molecular flexibility index (Phi) is 3.12. The number of nitrogens with zero attached hydrogens (tertiary/aromatic N) is 3. The fourth-order valence-electron chi connectivity index (χ4n) is 1.94. The van der Waals surface area contributed by atoms with Crippen LogP contribution >= 0.6 is 0 Å². The Balaban J connectivity index is 2.05. The number of anilines is 1. The molecule has 1 unspecified atom stereocenters. The van der Waals surface area contributed by atoms with Crippen LogP contribution in [0.3, 0.4) is 0 Å². The number of nitrogens with one attached hydrogen (secondary N) is 1. The third-order valence-corrected chi connectivity index (χ3v) is 2.86. The first-order valence-electron chi connectivity index (χ1n) is 5.79. The van der Waals surface area contributed by atoms with Crippen LogP contribution in [0.1, 0.15) is 20.3 Å². The average Bonchev–Trinajstić information content (AvgIpc) is 2.86. The van der Waals surface area contributed by atoms with Crippen molar-refractivity contribution in [3.05, 3.63) is 12.4 Å². The molecule has 1 aromatic heterocycles. The summed E-state index contributed by atoms with van der Waals surface area (Å²) in [7, 11) is 0. The van der Waals surface area contributed by atoms with Crippen LogP contribution in [0.2, 0.25) is 0 Å². The summed E-state index contributed by atoms with van der Waals surface area (Å²) in [5.41, 5.74) is 0.774. The molecule has 1 atom stereocenters. The Labute approximate surface area is 99.6 Å². The molecule has 2 rings (SSSR count). The van der Waals surface area contributed by atoms with Crippen molar-refractivity contribution in [2.45, 2.75) is 32.9 Å². The Morgan fingerprint density at radius 3 is 2.71 bits per heavy atom. The Hall–Kier alpha value is -1.85. The van der Waals surface area contributed by atoms with Gasteiger partial charge in [0.05, 0.1) is 18.3 Å². The highest BCUT2D eigenvalue weighted by molar-refractivity contribution is 6.06. The third kappa shape index (κ3) is 2.15. The van der Waals surface area contributed by atoms with Gasteiger partial charge in [0, 0.05) is 19.3 Å². The molecule has 2 amide bonds. The maximum absolute atomic E-state index is 11.8. The van der Waals surface area contributed by atoms with Crippen molar-refractivity contribution in [3.63, 3.8) is 0 Å². The van der Waals surface area contributed by atoms with Crippen molar-refractivity contribution in [3.8, 4) is 0 Å². The van der Waals surface area contributed by atoms with Crippen molar-refractivity contribution in [2.75, 3.05) is 11.9 Å². The number of hydrogen-bond donors (Lipinski definition) is 1. The lowest BCUT2D eigenvalue weighted by molar-refractivity contribution is -0.138. The summed E-state index contributed by atoms with van der Waals surface area (Å²) < 4.78 is 1.77. The number of rotatable bonds is 4. The average molecular weight is 236 g/mol. The Morgan fingerprint density at radius 1 is 1.41 bits per heavy atom. The SMILES string of the molecule is CCN1C(=O)CC(Nc2cnn(CC)c2)C1=O. The number of likely N-dealkylation sites (tertiary alicyclic amines) is 1. The molecule has 0 bridgehead atoms. The van der Waals surface area contributed by atoms with Gasteiger partial charge in [-0.15, -0.1) is 0 Å². The van der Waals surface area contributed by atoms with E-state index >= 15 is 0 Å². The topological polar surface area (TPSA) is 67.2 Å². The first kappa shape index (κ1) is 11.6. The molecule has 92 valence electrons. The predicted octanol–water partition coefficient (Wildman–Crippen LogP) is 0.462. The summed E-state index contributed by atoms with van der Waals surface area (Å²) in [4.78, 5) is 24.6. The second kappa shape index (κ2) is 4.57. The lowest BCUT2D eigenvalue weighted by Crippen LogP contribution is -2.34. The minimum atomic E-state index is -0.447. The third-order valence-electron chi connectivity index (χ3n) is 2.86. The number of likely N-dealkylation sites (N-methyl/N-ethyl adjacent to an activating group) is 1. The van der Waals surface area contributed by atoms with Crippen LogP contribution in [0.25, 0.3) is 0 Å². The lowest BCUT2D eigenvalue weighted by Gasteiger charge is -2.12. The fourth-order valence-corrected chi connectivity index (χ4v) is 1.94. The first-order chi connectivity index (χ1) is 8.15. The van der Waals surface area contributed by atoms with Gasteiger partial charge in [0.25, 0.3) is 5.91 Å². The molecule has 6 nitrogen and oxygen atoms in total. The summed E-state index contributed by atoms with van der Waals surface area (Å²) in [5, 5.41) is 7.15. The molecule has 0 spiro atoms. The van der Waals surface area contributed by atoms with Gasteiger partial charge >= 0.3 is 0 Å². The van der Waals surface area contributed by atoms with Crippen LogP contribution in [0.15, 0.2) is 12.4 Å². The van der Waals surface area contributed by atoms with Crippen LogP contribution in [-0.2, 0) is 16.1 Å². The molecule has 1 N–H and O–H groups in total. The van der Waals surface area contributed by atoms with Crippen LogP contribution in [0.5, 0.6) is 0 Å². The zero-order valence-electron chi connectivity index (χ0n) is 10.0. The van der Waals surface area contributed by atoms with E-state index in [9.17, 15) is 9.59 Å². The largest absolute Gasteiger partial charge is 0.371 e. The first-order valence-corrected chi connectivity index (χ1v) is 5.79. The van der Waals surface area contributed by atoms with Crippen molar-refractivity contribution >= 4 is 17.5 Å². The van der Waals surface area contributed by atoms with E-state index in [1.54, 1.807) is 17.8 Å². The molecule has 6 heteroatoms. The maximum Gasteiger partial charge on any atom is 0.252 e. The van der Waals surface area contributed by atoms with E-state index in [1.165, 1.54) is 4.90 Å². The lowest BCUT2D eigenvalue weighted by atomic mass is 10.2. The number of aromatic nitrogens is 2. The van der Waals surface area contributed by atoms with Gasteiger partial charge in [-0.05, 0) is 13.8 Å². The summed E-state index contributed by atoms with van der Waals surface area (Å²) in [5.74, 6) is -0.264. The highest BCUT2D eigenvalue weighted by Gasteiger charge is 2.37. The molecule has 0 aliphatic carbocycles. The summed E-state index contributed by atoms with van der Waals surface area (Å²) >= 11 is 0. The second-order valence-electron chi connectivity index (χ2n) is 3.96. The van der Waals surface area contributed by atoms with E-state index in [1.807, 2.05) is 13.1 Å². The zero-order valence-corrected chi connectivity index (χ0v) is 10.0. The molecule has 1 fully saturated rings. The molecule has 1 saturated heterocycles. The maximum atomic E-state index is 11.8. The van der Waals surface area contributed by atoms with Gasteiger partial charge in [-0.3, -0.25) is 19.2 Å². The van der Waals surface area contributed by atoms with Gasteiger partial charge in [-0.25, -0.2) is 0 Å². The number of hydrogen-bond acceptors (Lipinski definition) is 4. The highest BCUT2D eigenvalue weighted by Crippen LogP contribution is 2.17. The minimum Gasteiger partial charge on any atom is -0.371 e. The quantitative estimate of drug-likeness (QED) is 0.771. The smallest absolute Gasteiger partial charge is 0.252 e. The van der Waals surface area contributed by atoms with Crippen molar-refractivity contribution in [1.82, 2.24) is 14.7 Å². The highest BCUT2D eigenvalue weighted by atomic mass is 16.2.